The van der Waals surface area contributed by atoms with Crippen molar-refractivity contribution in [1.82, 2.24) is 10.2 Å². The summed E-state index contributed by atoms with van der Waals surface area (Å²) in [5.41, 5.74) is 1.57. The Labute approximate surface area is 223 Å². The van der Waals surface area contributed by atoms with Crippen LogP contribution in [0.25, 0.3) is 0 Å². The Kier molecular flexibility index (Phi) is 8.97. The fraction of sp³-hybridized carbons (Fsp3) is 0.931. The number of hydrogen-bond acceptors (Lipinski definition) is 7. The molecular weight excluding hydrogens is 470 g/mol. The van der Waals surface area contributed by atoms with Crippen LogP contribution in [-0.4, -0.2) is 73.6 Å². The highest BCUT2D eigenvalue weighted by Gasteiger charge is 2.50. The van der Waals surface area contributed by atoms with Gasteiger partial charge in [-0.2, -0.15) is 0 Å². The van der Waals surface area contributed by atoms with Crippen LogP contribution in [-0.2, 0) is 14.2 Å². The Morgan fingerprint density at radius 3 is 2.00 bits per heavy atom. The van der Waals surface area contributed by atoms with Crippen molar-refractivity contribution in [3.05, 3.63) is 21.5 Å². The molecule has 4 fully saturated rings. The van der Waals surface area contributed by atoms with Crippen LogP contribution in [0, 0.1) is 22.0 Å². The zero-order valence-electron chi connectivity index (χ0n) is 23.2. The molecule has 1 N–H and O–H groups in total. The predicted octanol–water partition coefficient (Wildman–Crippen LogP) is 5.04. The molecule has 0 bridgehead atoms. The summed E-state index contributed by atoms with van der Waals surface area (Å²) in [5, 5.41) is 16.0. The second-order valence-corrected chi connectivity index (χ2v) is 12.3. The third kappa shape index (κ3) is 5.67. The first kappa shape index (κ1) is 27.2. The van der Waals surface area contributed by atoms with Crippen LogP contribution in [0.2, 0.25) is 0 Å². The van der Waals surface area contributed by atoms with Gasteiger partial charge in [-0.25, -0.2) is 0 Å². The smallest absolute Gasteiger partial charge is 0.232 e. The van der Waals surface area contributed by atoms with Crippen LogP contribution in [0.3, 0.4) is 0 Å². The second kappa shape index (κ2) is 12.2. The zero-order valence-corrected chi connectivity index (χ0v) is 23.2. The van der Waals surface area contributed by atoms with Crippen molar-refractivity contribution < 1.29 is 19.1 Å². The van der Waals surface area contributed by atoms with Crippen molar-refractivity contribution in [1.29, 1.82) is 0 Å². The first-order valence-electron chi connectivity index (χ1n) is 15.0. The summed E-state index contributed by atoms with van der Waals surface area (Å²) in [5.74, 6) is 2.28. The normalized spacial score (nSPS) is 40.9. The molecule has 5 rings (SSSR count). The molecule has 210 valence electrons. The monoisotopic (exact) mass is 519 g/mol. The maximum atomic E-state index is 12.1. The molecule has 1 aliphatic heterocycles. The quantitative estimate of drug-likeness (QED) is 0.355. The van der Waals surface area contributed by atoms with Crippen molar-refractivity contribution in [2.24, 2.45) is 11.8 Å². The predicted molar refractivity (Wildman–Crippen MR) is 143 cm³/mol. The van der Waals surface area contributed by atoms with Gasteiger partial charge in [0.05, 0.1) is 24.4 Å². The SMILES string of the molecule is COC1CCC(C2=C(NC3CCCCC3[N+](=O)[O-])N(C3CCC(OC)CC3)C3CCC(OC)CC23)CC1. The van der Waals surface area contributed by atoms with Gasteiger partial charge < -0.3 is 24.4 Å². The largest absolute Gasteiger partial charge is 0.381 e. The molecule has 8 heteroatoms. The minimum absolute atomic E-state index is 0.0159. The fourth-order valence-corrected chi connectivity index (χ4v) is 8.47. The van der Waals surface area contributed by atoms with Crippen LogP contribution < -0.4 is 5.32 Å². The molecular formula is C29H49N3O5. The number of nitro groups is 1. The van der Waals surface area contributed by atoms with Gasteiger partial charge in [-0.1, -0.05) is 6.42 Å². The maximum absolute atomic E-state index is 12.1. The van der Waals surface area contributed by atoms with E-state index in [1.807, 2.05) is 21.3 Å². The van der Waals surface area contributed by atoms with Crippen LogP contribution in [0.5, 0.6) is 0 Å². The van der Waals surface area contributed by atoms with Gasteiger partial charge in [-0.05, 0) is 95.0 Å². The van der Waals surface area contributed by atoms with Crippen LogP contribution in [0.1, 0.15) is 96.3 Å². The Morgan fingerprint density at radius 1 is 0.784 bits per heavy atom. The lowest BCUT2D eigenvalue weighted by Gasteiger charge is -2.45. The summed E-state index contributed by atoms with van der Waals surface area (Å²) in [4.78, 5) is 14.8. The summed E-state index contributed by atoms with van der Waals surface area (Å²) in [7, 11) is 5.54. The summed E-state index contributed by atoms with van der Waals surface area (Å²) < 4.78 is 17.4. The molecule has 8 nitrogen and oxygen atoms in total. The highest BCUT2D eigenvalue weighted by molar-refractivity contribution is 5.30. The van der Waals surface area contributed by atoms with E-state index >= 15 is 0 Å². The molecule has 4 aliphatic carbocycles. The summed E-state index contributed by atoms with van der Waals surface area (Å²) >= 11 is 0. The molecule has 0 amide bonds. The number of hydrogen-bond donors (Lipinski definition) is 1. The Balaban J connectivity index is 1.50. The summed E-state index contributed by atoms with van der Waals surface area (Å²) in [6.45, 7) is 0. The molecule has 4 saturated carbocycles. The van der Waals surface area contributed by atoms with Gasteiger partial charge in [0.15, 0.2) is 0 Å². The third-order valence-corrected chi connectivity index (χ3v) is 10.5. The molecule has 0 radical (unpaired) electrons. The molecule has 0 saturated heterocycles. The van der Waals surface area contributed by atoms with Crippen LogP contribution in [0.4, 0.5) is 0 Å². The fourth-order valence-electron chi connectivity index (χ4n) is 8.47. The second-order valence-electron chi connectivity index (χ2n) is 12.3. The lowest BCUT2D eigenvalue weighted by molar-refractivity contribution is -0.529. The third-order valence-electron chi connectivity index (χ3n) is 10.5. The number of rotatable bonds is 8. The van der Waals surface area contributed by atoms with E-state index in [1.165, 1.54) is 5.82 Å². The number of fused-ring (bicyclic) bond motifs is 1. The Bertz CT molecular complexity index is 805. The van der Waals surface area contributed by atoms with Crippen molar-refractivity contribution in [2.45, 2.75) is 139 Å². The van der Waals surface area contributed by atoms with Crippen LogP contribution in [0.15, 0.2) is 11.4 Å². The molecule has 0 aromatic heterocycles. The van der Waals surface area contributed by atoms with Gasteiger partial charge in [0, 0.05) is 50.7 Å². The van der Waals surface area contributed by atoms with Gasteiger partial charge in [0.25, 0.3) is 0 Å². The lowest BCUT2D eigenvalue weighted by Crippen LogP contribution is -2.52. The molecule has 5 aliphatic rings. The number of methoxy groups -OCH3 is 3. The molecule has 37 heavy (non-hydrogen) atoms. The van der Waals surface area contributed by atoms with Crippen molar-refractivity contribution in [3.63, 3.8) is 0 Å². The highest BCUT2D eigenvalue weighted by Crippen LogP contribution is 2.51. The zero-order chi connectivity index (χ0) is 25.9. The molecule has 0 spiro atoms. The molecule has 1 heterocycles. The molecule has 0 aromatic carbocycles. The molecule has 5 unspecified atom stereocenters. The van der Waals surface area contributed by atoms with E-state index in [0.717, 1.165) is 89.9 Å². The highest BCUT2D eigenvalue weighted by atomic mass is 16.6. The number of nitrogens with one attached hydrogen (secondary N) is 1. The van der Waals surface area contributed by atoms with E-state index in [9.17, 15) is 10.1 Å². The van der Waals surface area contributed by atoms with Gasteiger partial charge in [0.2, 0.25) is 6.04 Å². The first-order valence-corrected chi connectivity index (χ1v) is 15.0. The summed E-state index contributed by atoms with van der Waals surface area (Å²) in [6.07, 6.45) is 16.9. The van der Waals surface area contributed by atoms with Gasteiger partial charge in [-0.15, -0.1) is 0 Å². The average molecular weight is 520 g/mol. The van der Waals surface area contributed by atoms with Gasteiger partial charge in [0.1, 0.15) is 5.82 Å². The first-order chi connectivity index (χ1) is 18.0. The average Bonchev–Trinajstić information content (AvgIpc) is 3.25. The van der Waals surface area contributed by atoms with Crippen molar-refractivity contribution in [3.8, 4) is 0 Å². The van der Waals surface area contributed by atoms with Crippen molar-refractivity contribution >= 4 is 0 Å². The van der Waals surface area contributed by atoms with E-state index < -0.39 is 6.04 Å². The van der Waals surface area contributed by atoms with Crippen LogP contribution >= 0.6 is 0 Å². The van der Waals surface area contributed by atoms with E-state index in [0.29, 0.717) is 48.7 Å². The molecule has 0 aromatic rings. The minimum Gasteiger partial charge on any atom is -0.381 e. The topological polar surface area (TPSA) is 86.1 Å². The summed E-state index contributed by atoms with van der Waals surface area (Å²) in [6, 6.07) is 0.379. The minimum atomic E-state index is -0.493. The molecule has 5 atom stereocenters. The Morgan fingerprint density at radius 2 is 1.38 bits per heavy atom. The van der Waals surface area contributed by atoms with E-state index in [4.69, 9.17) is 14.2 Å². The van der Waals surface area contributed by atoms with Gasteiger partial charge in [-0.3, -0.25) is 10.1 Å². The Hall–Kier alpha value is -1.38. The standard InChI is InChI=1S/C29H49N3O5/c1-35-21-12-8-19(9-13-21)28-24-18-23(37-3)16-17-26(24)31(20-10-14-22(36-2)15-11-20)29(28)30-25-6-4-5-7-27(25)32(33)34/h19-27,30H,4-18H2,1-3H3. The maximum Gasteiger partial charge on any atom is 0.232 e. The lowest BCUT2D eigenvalue weighted by atomic mass is 9.72. The van der Waals surface area contributed by atoms with Gasteiger partial charge >= 0.3 is 0 Å². The van der Waals surface area contributed by atoms with E-state index in [2.05, 4.69) is 10.2 Å². The number of nitrogens with zero attached hydrogens (tertiary/aromatic N) is 2. The van der Waals surface area contributed by atoms with Crippen molar-refractivity contribution in [2.75, 3.05) is 21.3 Å². The number of ether oxygens (including phenoxy) is 3. The van der Waals surface area contributed by atoms with E-state index in [-0.39, 0.29) is 11.0 Å². The van der Waals surface area contributed by atoms with E-state index in [1.54, 1.807) is 5.57 Å².